The van der Waals surface area contributed by atoms with Gasteiger partial charge in [-0.3, -0.25) is 0 Å². The van der Waals surface area contributed by atoms with Crippen LogP contribution in [0, 0.1) is 35.5 Å². The summed E-state index contributed by atoms with van der Waals surface area (Å²) in [7, 11) is -0.0303. The second kappa shape index (κ2) is 9.30. The Hall–Kier alpha value is -1.91. The lowest BCUT2D eigenvalue weighted by atomic mass is 9.55. The van der Waals surface area contributed by atoms with Gasteiger partial charge in [-0.05, 0) is 157 Å². The standard InChI is InChI=1S/C39H45P/c1-3-7-34(8-4-1)36-12-11-27(19-37(36)35-9-5-2-6-10-35)26-40(38-20-28-13-29(21-38)15-30(14-28)22-38)39-23-31-16-32(24-39)18-33(17-31)25-39/h1-12,19,28-33H,13-18,20-26H2. The van der Waals surface area contributed by atoms with Crippen molar-refractivity contribution in [2.75, 3.05) is 0 Å². The second-order valence-electron chi connectivity index (χ2n) is 15.5. The molecule has 3 aromatic carbocycles. The van der Waals surface area contributed by atoms with E-state index in [1.54, 1.807) is 82.6 Å². The van der Waals surface area contributed by atoms with Crippen molar-refractivity contribution < 1.29 is 0 Å². The van der Waals surface area contributed by atoms with Crippen LogP contribution in [-0.4, -0.2) is 10.3 Å². The van der Waals surface area contributed by atoms with Gasteiger partial charge >= 0.3 is 0 Å². The Balaban J connectivity index is 1.15. The Bertz CT molecular complexity index is 1270. The SMILES string of the molecule is c1ccc(-c2ccc(CP(C34CC5CC(CC(C5)C3)C4)C34CC5CC(CC(C5)C3)C4)cc2-c2ccccc2)cc1. The van der Waals surface area contributed by atoms with E-state index in [9.17, 15) is 0 Å². The average Bonchev–Trinajstić information content (AvgIpc) is 2.95. The van der Waals surface area contributed by atoms with Crippen LogP contribution in [0.3, 0.4) is 0 Å². The first-order chi connectivity index (χ1) is 19.6. The van der Waals surface area contributed by atoms with Crippen molar-refractivity contribution in [1.29, 1.82) is 0 Å². The Morgan fingerprint density at radius 2 is 0.875 bits per heavy atom. The molecule has 8 fully saturated rings. The topological polar surface area (TPSA) is 0 Å². The van der Waals surface area contributed by atoms with E-state index >= 15 is 0 Å². The third-order valence-corrected chi connectivity index (χ3v) is 16.8. The molecular weight excluding hydrogens is 499 g/mol. The van der Waals surface area contributed by atoms with Gasteiger partial charge in [0.2, 0.25) is 0 Å². The van der Waals surface area contributed by atoms with Crippen molar-refractivity contribution >= 4 is 7.92 Å². The molecule has 0 nitrogen and oxygen atoms in total. The van der Waals surface area contributed by atoms with Crippen molar-refractivity contribution in [2.45, 2.75) is 93.5 Å². The van der Waals surface area contributed by atoms with Crippen molar-refractivity contribution in [3.8, 4) is 22.3 Å². The quantitative estimate of drug-likeness (QED) is 0.271. The molecule has 0 unspecified atom stereocenters. The molecule has 11 rings (SSSR count). The van der Waals surface area contributed by atoms with Gasteiger partial charge in [-0.25, -0.2) is 0 Å². The normalized spacial score (nSPS) is 39.5. The number of hydrogen-bond acceptors (Lipinski definition) is 0. The molecule has 0 N–H and O–H groups in total. The van der Waals surface area contributed by atoms with Crippen LogP contribution in [0.25, 0.3) is 22.3 Å². The molecule has 8 aliphatic rings. The van der Waals surface area contributed by atoms with Crippen LogP contribution in [0.15, 0.2) is 78.9 Å². The van der Waals surface area contributed by atoms with Crippen LogP contribution in [0.1, 0.15) is 82.6 Å². The van der Waals surface area contributed by atoms with Crippen LogP contribution >= 0.6 is 7.92 Å². The maximum Gasteiger partial charge on any atom is -0.00629 e. The van der Waals surface area contributed by atoms with Gasteiger partial charge in [-0.15, -0.1) is 0 Å². The van der Waals surface area contributed by atoms with E-state index in [0.29, 0.717) is 10.3 Å². The van der Waals surface area contributed by atoms with Gasteiger partial charge < -0.3 is 0 Å². The minimum absolute atomic E-state index is 0.0303. The van der Waals surface area contributed by atoms with Crippen molar-refractivity contribution in [3.63, 3.8) is 0 Å². The summed E-state index contributed by atoms with van der Waals surface area (Å²) in [4.78, 5) is 0. The zero-order chi connectivity index (χ0) is 26.3. The smallest absolute Gasteiger partial charge is 0.00629 e. The number of rotatable bonds is 6. The van der Waals surface area contributed by atoms with Gasteiger partial charge in [-0.1, -0.05) is 86.8 Å². The minimum Gasteiger partial charge on any atom is -0.0894 e. The Morgan fingerprint density at radius 1 is 0.475 bits per heavy atom. The summed E-state index contributed by atoms with van der Waals surface area (Å²) in [6.45, 7) is 0. The summed E-state index contributed by atoms with van der Waals surface area (Å²) in [5.74, 6) is 6.36. The molecule has 8 aliphatic carbocycles. The summed E-state index contributed by atoms with van der Waals surface area (Å²) in [5, 5.41) is 1.39. The highest BCUT2D eigenvalue weighted by Gasteiger charge is 2.62. The number of benzene rings is 3. The van der Waals surface area contributed by atoms with Crippen molar-refractivity contribution in [2.24, 2.45) is 35.5 Å². The summed E-state index contributed by atoms with van der Waals surface area (Å²) in [6, 6.07) is 30.0. The fourth-order valence-electron chi connectivity index (χ4n) is 12.2. The monoisotopic (exact) mass is 544 g/mol. The molecule has 0 radical (unpaired) electrons. The van der Waals surface area contributed by atoms with E-state index in [2.05, 4.69) is 78.9 Å². The average molecular weight is 545 g/mol. The van der Waals surface area contributed by atoms with Gasteiger partial charge in [-0.2, -0.15) is 0 Å². The molecule has 3 aromatic rings. The fraction of sp³-hybridized carbons (Fsp3) is 0.538. The van der Waals surface area contributed by atoms with Crippen LogP contribution in [-0.2, 0) is 6.16 Å². The van der Waals surface area contributed by atoms with Crippen molar-refractivity contribution in [3.05, 3.63) is 84.4 Å². The molecule has 0 aromatic heterocycles. The van der Waals surface area contributed by atoms with E-state index in [1.165, 1.54) is 28.4 Å². The van der Waals surface area contributed by atoms with Crippen LogP contribution < -0.4 is 0 Å². The first kappa shape index (κ1) is 24.7. The lowest BCUT2D eigenvalue weighted by Crippen LogP contribution is -2.56. The van der Waals surface area contributed by atoms with E-state index in [-0.39, 0.29) is 7.92 Å². The Kier molecular flexibility index (Phi) is 5.73. The molecule has 8 saturated carbocycles. The van der Waals surface area contributed by atoms with E-state index in [0.717, 1.165) is 35.5 Å². The maximum atomic E-state index is 2.65. The summed E-state index contributed by atoms with van der Waals surface area (Å²) < 4.78 is 0. The van der Waals surface area contributed by atoms with Gasteiger partial charge in [0, 0.05) is 0 Å². The summed E-state index contributed by atoms with van der Waals surface area (Å²) >= 11 is 0. The van der Waals surface area contributed by atoms with Crippen LogP contribution in [0.4, 0.5) is 0 Å². The van der Waals surface area contributed by atoms with Crippen LogP contribution in [0.2, 0.25) is 0 Å². The molecular formula is C39H45P. The zero-order valence-electron chi connectivity index (χ0n) is 24.1. The maximum absolute atomic E-state index is 2.65. The first-order valence-corrected chi connectivity index (χ1v) is 18.2. The van der Waals surface area contributed by atoms with E-state index in [1.807, 2.05) is 0 Å². The molecule has 40 heavy (non-hydrogen) atoms. The molecule has 0 spiro atoms. The lowest BCUT2D eigenvalue weighted by Gasteiger charge is -2.67. The molecule has 1 heteroatoms. The summed E-state index contributed by atoms with van der Waals surface area (Å²) in [6.07, 6.45) is 20.4. The molecule has 206 valence electrons. The van der Waals surface area contributed by atoms with Crippen molar-refractivity contribution in [1.82, 2.24) is 0 Å². The van der Waals surface area contributed by atoms with Crippen LogP contribution in [0.5, 0.6) is 0 Å². The predicted octanol–water partition coefficient (Wildman–Crippen LogP) is 10.9. The molecule has 0 saturated heterocycles. The third kappa shape index (κ3) is 4.02. The third-order valence-electron chi connectivity index (χ3n) is 12.8. The highest BCUT2D eigenvalue weighted by molar-refractivity contribution is 7.60. The molecule has 0 amide bonds. The Morgan fingerprint density at radius 3 is 1.30 bits per heavy atom. The molecule has 0 heterocycles. The lowest BCUT2D eigenvalue weighted by molar-refractivity contribution is 0.0184. The van der Waals surface area contributed by atoms with Gasteiger partial charge in [0.15, 0.2) is 0 Å². The van der Waals surface area contributed by atoms with Gasteiger partial charge in [0.1, 0.15) is 0 Å². The number of hydrogen-bond donors (Lipinski definition) is 0. The summed E-state index contributed by atoms with van der Waals surface area (Å²) in [5.41, 5.74) is 7.20. The van der Waals surface area contributed by atoms with E-state index in [4.69, 9.17) is 0 Å². The minimum atomic E-state index is -0.0303. The largest absolute Gasteiger partial charge is 0.0894 e. The highest BCUT2D eigenvalue weighted by atomic mass is 31.1. The highest BCUT2D eigenvalue weighted by Crippen LogP contribution is 2.79. The Labute approximate surface area is 243 Å². The first-order valence-electron chi connectivity index (χ1n) is 16.6. The van der Waals surface area contributed by atoms with Gasteiger partial charge in [0.05, 0.1) is 0 Å². The molecule has 0 aliphatic heterocycles. The zero-order valence-corrected chi connectivity index (χ0v) is 25.0. The molecule has 8 bridgehead atoms. The predicted molar refractivity (Wildman–Crippen MR) is 170 cm³/mol. The molecule has 0 atom stereocenters. The second-order valence-corrected chi connectivity index (χ2v) is 18.6. The van der Waals surface area contributed by atoms with Gasteiger partial charge in [0.25, 0.3) is 0 Å². The fourth-order valence-corrected chi connectivity index (χ4v) is 17.3. The van der Waals surface area contributed by atoms with E-state index < -0.39 is 0 Å².